The molecule has 4 heteroatoms. The van der Waals surface area contributed by atoms with Crippen LogP contribution in [-0.4, -0.2) is 29.3 Å². The average molecular weight is 207 g/mol. The standard InChI is InChI=1S/C11H17N3O/c12-10-5-3-6-13-11(10)14-7-2-1-4-9(14)8-15/h3,5-6,9,15H,1-2,4,7-8,12H2/t9-/m1/s1. The summed E-state index contributed by atoms with van der Waals surface area (Å²) in [6.45, 7) is 1.11. The lowest BCUT2D eigenvalue weighted by Gasteiger charge is -2.36. The predicted octanol–water partition coefficient (Wildman–Crippen LogP) is 1.01. The first-order valence-corrected chi connectivity index (χ1v) is 5.41. The van der Waals surface area contributed by atoms with Crippen molar-refractivity contribution >= 4 is 11.5 Å². The Balaban J connectivity index is 2.24. The van der Waals surface area contributed by atoms with E-state index in [1.54, 1.807) is 6.20 Å². The highest BCUT2D eigenvalue weighted by Crippen LogP contribution is 2.26. The van der Waals surface area contributed by atoms with E-state index < -0.39 is 0 Å². The van der Waals surface area contributed by atoms with Gasteiger partial charge in [-0.2, -0.15) is 0 Å². The second kappa shape index (κ2) is 4.49. The van der Waals surface area contributed by atoms with Crippen LogP contribution in [0.3, 0.4) is 0 Å². The molecule has 0 radical (unpaired) electrons. The molecule has 2 rings (SSSR count). The molecule has 3 N–H and O–H groups in total. The maximum absolute atomic E-state index is 9.30. The third kappa shape index (κ3) is 2.04. The average Bonchev–Trinajstić information content (AvgIpc) is 2.30. The number of hydrogen-bond acceptors (Lipinski definition) is 4. The topological polar surface area (TPSA) is 62.4 Å². The zero-order valence-corrected chi connectivity index (χ0v) is 8.76. The van der Waals surface area contributed by atoms with Crippen molar-refractivity contribution in [2.24, 2.45) is 0 Å². The summed E-state index contributed by atoms with van der Waals surface area (Å²) >= 11 is 0. The van der Waals surface area contributed by atoms with Crippen molar-refractivity contribution in [3.63, 3.8) is 0 Å². The van der Waals surface area contributed by atoms with Crippen LogP contribution in [-0.2, 0) is 0 Å². The number of nitrogens with zero attached hydrogens (tertiary/aromatic N) is 2. The second-order valence-electron chi connectivity index (χ2n) is 3.94. The Bertz CT molecular complexity index is 329. The van der Waals surface area contributed by atoms with Crippen LogP contribution in [0.4, 0.5) is 11.5 Å². The van der Waals surface area contributed by atoms with E-state index >= 15 is 0 Å². The summed E-state index contributed by atoms with van der Waals surface area (Å²) in [5.74, 6) is 0.816. The third-order valence-electron chi connectivity index (χ3n) is 2.93. The van der Waals surface area contributed by atoms with Gasteiger partial charge in [0.2, 0.25) is 0 Å². The van der Waals surface area contributed by atoms with Gasteiger partial charge in [0.15, 0.2) is 5.82 Å². The fourth-order valence-corrected chi connectivity index (χ4v) is 2.12. The number of aromatic nitrogens is 1. The highest BCUT2D eigenvalue weighted by atomic mass is 16.3. The van der Waals surface area contributed by atoms with Gasteiger partial charge in [0, 0.05) is 12.7 Å². The van der Waals surface area contributed by atoms with Gasteiger partial charge in [-0.05, 0) is 31.4 Å². The van der Waals surface area contributed by atoms with Gasteiger partial charge < -0.3 is 15.7 Å². The molecule has 0 aliphatic carbocycles. The molecule has 0 amide bonds. The Morgan fingerprint density at radius 2 is 2.40 bits per heavy atom. The summed E-state index contributed by atoms with van der Waals surface area (Å²) in [7, 11) is 0. The summed E-state index contributed by atoms with van der Waals surface area (Å²) in [5, 5.41) is 9.30. The van der Waals surface area contributed by atoms with E-state index in [9.17, 15) is 5.11 Å². The Labute approximate surface area is 89.7 Å². The van der Waals surface area contributed by atoms with Crippen LogP contribution in [0.25, 0.3) is 0 Å². The normalized spacial score (nSPS) is 21.7. The lowest BCUT2D eigenvalue weighted by molar-refractivity contribution is 0.239. The first-order chi connectivity index (χ1) is 7.33. The van der Waals surface area contributed by atoms with Crippen molar-refractivity contribution in [2.75, 3.05) is 23.8 Å². The van der Waals surface area contributed by atoms with Crippen molar-refractivity contribution in [2.45, 2.75) is 25.3 Å². The number of pyridine rings is 1. The Kier molecular flexibility index (Phi) is 3.06. The number of anilines is 2. The quantitative estimate of drug-likeness (QED) is 0.760. The summed E-state index contributed by atoms with van der Waals surface area (Å²) in [4.78, 5) is 6.41. The molecule has 1 atom stereocenters. The van der Waals surface area contributed by atoms with Crippen molar-refractivity contribution < 1.29 is 5.11 Å². The molecule has 0 aromatic carbocycles. The van der Waals surface area contributed by atoms with Crippen LogP contribution in [0.15, 0.2) is 18.3 Å². The number of piperidine rings is 1. The molecule has 0 spiro atoms. The first-order valence-electron chi connectivity index (χ1n) is 5.41. The number of hydrogen-bond donors (Lipinski definition) is 2. The molecule has 15 heavy (non-hydrogen) atoms. The molecular formula is C11H17N3O. The molecule has 82 valence electrons. The molecule has 4 nitrogen and oxygen atoms in total. The monoisotopic (exact) mass is 207 g/mol. The third-order valence-corrected chi connectivity index (χ3v) is 2.93. The number of aliphatic hydroxyl groups excluding tert-OH is 1. The van der Waals surface area contributed by atoms with Crippen LogP contribution in [0.5, 0.6) is 0 Å². The zero-order valence-electron chi connectivity index (χ0n) is 8.76. The maximum Gasteiger partial charge on any atom is 0.152 e. The largest absolute Gasteiger partial charge is 0.396 e. The number of nitrogen functional groups attached to an aromatic ring is 1. The Morgan fingerprint density at radius 3 is 3.13 bits per heavy atom. The smallest absolute Gasteiger partial charge is 0.152 e. The molecular weight excluding hydrogens is 190 g/mol. The minimum atomic E-state index is 0.177. The van der Waals surface area contributed by atoms with Gasteiger partial charge in [-0.25, -0.2) is 4.98 Å². The fourth-order valence-electron chi connectivity index (χ4n) is 2.12. The molecule has 0 saturated carbocycles. The van der Waals surface area contributed by atoms with Crippen LogP contribution in [0.2, 0.25) is 0 Å². The Morgan fingerprint density at radius 1 is 1.53 bits per heavy atom. The van der Waals surface area contributed by atoms with Gasteiger partial charge in [-0.15, -0.1) is 0 Å². The minimum absolute atomic E-state index is 0.177. The minimum Gasteiger partial charge on any atom is -0.396 e. The molecule has 1 saturated heterocycles. The first kappa shape index (κ1) is 10.2. The van der Waals surface area contributed by atoms with E-state index in [0.717, 1.165) is 25.2 Å². The van der Waals surface area contributed by atoms with Gasteiger partial charge in [0.05, 0.1) is 18.3 Å². The maximum atomic E-state index is 9.30. The van der Waals surface area contributed by atoms with Gasteiger partial charge in [-0.3, -0.25) is 0 Å². The fraction of sp³-hybridized carbons (Fsp3) is 0.545. The van der Waals surface area contributed by atoms with Gasteiger partial charge in [-0.1, -0.05) is 0 Å². The van der Waals surface area contributed by atoms with Gasteiger partial charge >= 0.3 is 0 Å². The summed E-state index contributed by atoms with van der Waals surface area (Å²) < 4.78 is 0. The summed E-state index contributed by atoms with van der Waals surface area (Å²) in [6, 6.07) is 3.86. The molecule has 1 aromatic heterocycles. The molecule has 1 aliphatic heterocycles. The Hall–Kier alpha value is -1.29. The lowest BCUT2D eigenvalue weighted by atomic mass is 10.0. The van der Waals surface area contributed by atoms with Crippen LogP contribution in [0.1, 0.15) is 19.3 Å². The molecule has 1 aromatic rings. The van der Waals surface area contributed by atoms with E-state index in [1.165, 1.54) is 6.42 Å². The summed E-state index contributed by atoms with van der Waals surface area (Å²) in [5.41, 5.74) is 6.57. The van der Waals surface area contributed by atoms with E-state index in [4.69, 9.17) is 5.73 Å². The van der Waals surface area contributed by atoms with Crippen LogP contribution < -0.4 is 10.6 Å². The molecule has 0 unspecified atom stereocenters. The van der Waals surface area contributed by atoms with Crippen LogP contribution in [0, 0.1) is 0 Å². The molecule has 1 fully saturated rings. The van der Waals surface area contributed by atoms with E-state index in [2.05, 4.69) is 9.88 Å². The van der Waals surface area contributed by atoms with Crippen molar-refractivity contribution in [1.82, 2.24) is 4.98 Å². The lowest BCUT2D eigenvalue weighted by Crippen LogP contribution is -2.42. The molecule has 0 bridgehead atoms. The number of rotatable bonds is 2. The number of nitrogens with two attached hydrogens (primary N) is 1. The van der Waals surface area contributed by atoms with Crippen molar-refractivity contribution in [1.29, 1.82) is 0 Å². The second-order valence-corrected chi connectivity index (χ2v) is 3.94. The molecule has 1 aliphatic rings. The van der Waals surface area contributed by atoms with Gasteiger partial charge in [0.1, 0.15) is 0 Å². The van der Waals surface area contributed by atoms with Gasteiger partial charge in [0.25, 0.3) is 0 Å². The molecule has 2 heterocycles. The highest BCUT2D eigenvalue weighted by molar-refractivity contribution is 5.62. The SMILES string of the molecule is Nc1cccnc1N1CCCC[C@@H]1CO. The summed E-state index contributed by atoms with van der Waals surface area (Å²) in [6.07, 6.45) is 5.09. The van der Waals surface area contributed by atoms with E-state index in [0.29, 0.717) is 5.69 Å². The van der Waals surface area contributed by atoms with Crippen LogP contribution >= 0.6 is 0 Å². The predicted molar refractivity (Wildman–Crippen MR) is 60.7 cm³/mol. The van der Waals surface area contributed by atoms with Crippen molar-refractivity contribution in [3.05, 3.63) is 18.3 Å². The van der Waals surface area contributed by atoms with E-state index in [1.807, 2.05) is 12.1 Å². The highest BCUT2D eigenvalue weighted by Gasteiger charge is 2.23. The van der Waals surface area contributed by atoms with E-state index in [-0.39, 0.29) is 12.6 Å². The van der Waals surface area contributed by atoms with Crippen molar-refractivity contribution in [3.8, 4) is 0 Å². The number of aliphatic hydroxyl groups is 1. The zero-order chi connectivity index (χ0) is 10.7.